The van der Waals surface area contributed by atoms with Gasteiger partial charge in [0.05, 0.1) is 35.5 Å². The number of amides is 1. The number of nitrogens with zero attached hydrogens (tertiary/aromatic N) is 2. The number of hydrogen-bond donors (Lipinski definition) is 3. The Kier molecular flexibility index (Phi) is 9.89. The number of allylic oxidation sites excluding steroid dienone is 1. The number of aliphatic hydroxyl groups is 2. The molecule has 0 unspecified atom stereocenters. The van der Waals surface area contributed by atoms with Crippen LogP contribution >= 0.6 is 0 Å². The molecule has 38 heavy (non-hydrogen) atoms. The molecule has 2 aromatic rings. The third kappa shape index (κ3) is 7.22. The van der Waals surface area contributed by atoms with Gasteiger partial charge in [0, 0.05) is 29.8 Å². The fourth-order valence-corrected chi connectivity index (χ4v) is 5.38. The fourth-order valence-electron chi connectivity index (χ4n) is 4.04. The summed E-state index contributed by atoms with van der Waals surface area (Å²) in [6.45, 7) is 11.3. The van der Waals surface area contributed by atoms with E-state index in [2.05, 4.69) is 0 Å². The highest BCUT2D eigenvalue weighted by molar-refractivity contribution is 7.95. The van der Waals surface area contributed by atoms with Gasteiger partial charge in [-0.15, -0.1) is 0 Å². The van der Waals surface area contributed by atoms with Crippen molar-refractivity contribution in [3.05, 3.63) is 63.6 Å². The lowest BCUT2D eigenvalue weighted by molar-refractivity contribution is 0.0684. The molecule has 2 rings (SSSR count). The number of sulfone groups is 1. The number of aliphatic hydroxyl groups excluding tert-OH is 2. The lowest BCUT2D eigenvalue weighted by Crippen LogP contribution is -2.35. The number of phenolic OH excluding ortho intramolecular Hbond substituents is 1. The second kappa shape index (κ2) is 12.1. The van der Waals surface area contributed by atoms with Gasteiger partial charge in [0.15, 0.2) is 0 Å². The lowest BCUT2D eigenvalue weighted by atomic mass is 9.78. The SMILES string of the molecule is CC(C)(C)c1cc(/C=C(\CC#N)S(=O)(=O)c2ccc(C(=O)N(CCO)CCO)cc2)cc(C(C)(C)C)c1O. The molecule has 0 atom stereocenters. The van der Waals surface area contributed by atoms with Crippen molar-refractivity contribution < 1.29 is 28.5 Å². The molecule has 0 saturated carbocycles. The predicted octanol–water partition coefficient (Wildman–Crippen LogP) is 4.14. The number of phenols is 1. The zero-order chi connectivity index (χ0) is 28.9. The van der Waals surface area contributed by atoms with E-state index in [0.717, 1.165) is 0 Å². The summed E-state index contributed by atoms with van der Waals surface area (Å²) in [6.07, 6.45) is 1.10. The number of benzene rings is 2. The summed E-state index contributed by atoms with van der Waals surface area (Å²) in [6, 6.07) is 10.8. The van der Waals surface area contributed by atoms with Crippen LogP contribution in [0.25, 0.3) is 6.08 Å². The summed E-state index contributed by atoms with van der Waals surface area (Å²) in [4.78, 5) is 13.8. The molecule has 0 aliphatic rings. The molecule has 8 nitrogen and oxygen atoms in total. The Hall–Kier alpha value is -3.19. The van der Waals surface area contributed by atoms with Crippen molar-refractivity contribution in [2.45, 2.75) is 63.7 Å². The molecule has 0 spiro atoms. The van der Waals surface area contributed by atoms with Crippen LogP contribution in [0, 0.1) is 11.3 Å². The van der Waals surface area contributed by atoms with Gasteiger partial charge in [0.25, 0.3) is 5.91 Å². The molecule has 206 valence electrons. The van der Waals surface area contributed by atoms with Crippen molar-refractivity contribution in [3.63, 3.8) is 0 Å². The van der Waals surface area contributed by atoms with Gasteiger partial charge in [-0.05, 0) is 58.9 Å². The van der Waals surface area contributed by atoms with Crippen molar-refractivity contribution in [1.29, 1.82) is 5.26 Å². The summed E-state index contributed by atoms with van der Waals surface area (Å²) in [5.74, 6) is -0.276. The Morgan fingerprint density at radius 3 is 1.82 bits per heavy atom. The average Bonchev–Trinajstić information content (AvgIpc) is 2.82. The molecule has 0 aromatic heterocycles. The van der Waals surface area contributed by atoms with E-state index in [1.165, 1.54) is 35.2 Å². The van der Waals surface area contributed by atoms with Gasteiger partial charge in [-0.2, -0.15) is 5.26 Å². The predicted molar refractivity (Wildman–Crippen MR) is 147 cm³/mol. The highest BCUT2D eigenvalue weighted by Gasteiger charge is 2.27. The van der Waals surface area contributed by atoms with Crippen LogP contribution in [-0.2, 0) is 20.7 Å². The first-order valence-corrected chi connectivity index (χ1v) is 13.9. The third-order valence-electron chi connectivity index (χ3n) is 6.11. The third-order valence-corrected chi connectivity index (χ3v) is 7.96. The Labute approximate surface area is 225 Å². The fraction of sp³-hybridized carbons (Fsp3) is 0.448. The molecule has 1 amide bonds. The molecule has 0 aliphatic carbocycles. The van der Waals surface area contributed by atoms with Gasteiger partial charge in [0.1, 0.15) is 5.75 Å². The number of carbonyl (C=O) groups excluding carboxylic acids is 1. The highest BCUT2D eigenvalue weighted by Crippen LogP contribution is 2.40. The minimum Gasteiger partial charge on any atom is -0.507 e. The van der Waals surface area contributed by atoms with E-state index in [0.29, 0.717) is 16.7 Å². The minimum atomic E-state index is -4.08. The van der Waals surface area contributed by atoms with Gasteiger partial charge in [-0.3, -0.25) is 4.79 Å². The summed E-state index contributed by atoms with van der Waals surface area (Å²) < 4.78 is 27.1. The van der Waals surface area contributed by atoms with Crippen molar-refractivity contribution in [2.75, 3.05) is 26.3 Å². The molecule has 0 fully saturated rings. The van der Waals surface area contributed by atoms with E-state index in [9.17, 15) is 33.8 Å². The molecule has 3 N–H and O–H groups in total. The quantitative estimate of drug-likeness (QED) is 0.433. The van der Waals surface area contributed by atoms with Gasteiger partial charge < -0.3 is 20.2 Å². The largest absolute Gasteiger partial charge is 0.507 e. The first kappa shape index (κ1) is 31.0. The Balaban J connectivity index is 2.60. The summed E-state index contributed by atoms with van der Waals surface area (Å²) in [5, 5.41) is 38.8. The van der Waals surface area contributed by atoms with Crippen molar-refractivity contribution in [1.82, 2.24) is 4.90 Å². The number of rotatable bonds is 9. The zero-order valence-electron chi connectivity index (χ0n) is 22.9. The molecule has 0 bridgehead atoms. The summed E-state index contributed by atoms with van der Waals surface area (Å²) in [5.41, 5.74) is 1.28. The second-order valence-corrected chi connectivity index (χ2v) is 13.2. The summed E-state index contributed by atoms with van der Waals surface area (Å²) >= 11 is 0. The van der Waals surface area contributed by atoms with E-state index in [1.54, 1.807) is 12.1 Å². The lowest BCUT2D eigenvalue weighted by Gasteiger charge is -2.28. The monoisotopic (exact) mass is 542 g/mol. The maximum Gasteiger partial charge on any atom is 0.254 e. The van der Waals surface area contributed by atoms with E-state index < -0.39 is 26.6 Å². The zero-order valence-corrected chi connectivity index (χ0v) is 23.8. The van der Waals surface area contributed by atoms with Crippen molar-refractivity contribution in [3.8, 4) is 11.8 Å². The molecule has 9 heteroatoms. The van der Waals surface area contributed by atoms with Crippen LogP contribution in [0.1, 0.15) is 75.0 Å². The van der Waals surface area contributed by atoms with E-state index in [-0.39, 0.29) is 53.8 Å². The van der Waals surface area contributed by atoms with Crippen LogP contribution in [0.2, 0.25) is 0 Å². The van der Waals surface area contributed by atoms with E-state index in [4.69, 9.17) is 0 Å². The minimum absolute atomic E-state index is 0.0359. The van der Waals surface area contributed by atoms with Gasteiger partial charge in [-0.25, -0.2) is 8.42 Å². The topological polar surface area (TPSA) is 139 Å². The highest BCUT2D eigenvalue weighted by atomic mass is 32.2. The first-order valence-electron chi connectivity index (χ1n) is 12.4. The Morgan fingerprint density at radius 2 is 1.42 bits per heavy atom. The van der Waals surface area contributed by atoms with Crippen LogP contribution in [-0.4, -0.2) is 60.8 Å². The number of carbonyl (C=O) groups is 1. The van der Waals surface area contributed by atoms with Crippen LogP contribution in [0.15, 0.2) is 46.2 Å². The molecular weight excluding hydrogens is 504 g/mol. The molecule has 0 heterocycles. The molecule has 0 aliphatic heterocycles. The molecule has 0 saturated heterocycles. The van der Waals surface area contributed by atoms with Crippen molar-refractivity contribution in [2.24, 2.45) is 0 Å². The van der Waals surface area contributed by atoms with Crippen LogP contribution in [0.3, 0.4) is 0 Å². The first-order chi connectivity index (χ1) is 17.6. The second-order valence-electron chi connectivity index (χ2n) is 11.2. The smallest absolute Gasteiger partial charge is 0.254 e. The maximum absolute atomic E-state index is 13.5. The molecular formula is C29H38N2O6S. The molecule has 0 radical (unpaired) electrons. The number of nitriles is 1. The van der Waals surface area contributed by atoms with Crippen LogP contribution in [0.5, 0.6) is 5.75 Å². The average molecular weight is 543 g/mol. The van der Waals surface area contributed by atoms with E-state index >= 15 is 0 Å². The van der Waals surface area contributed by atoms with Gasteiger partial charge in [-0.1, -0.05) is 41.5 Å². The van der Waals surface area contributed by atoms with Crippen LogP contribution < -0.4 is 0 Å². The van der Waals surface area contributed by atoms with Crippen molar-refractivity contribution >= 4 is 21.8 Å². The maximum atomic E-state index is 13.5. The summed E-state index contributed by atoms with van der Waals surface area (Å²) in [7, 11) is -4.08. The molecule has 2 aromatic carbocycles. The van der Waals surface area contributed by atoms with E-state index in [1.807, 2.05) is 47.6 Å². The van der Waals surface area contributed by atoms with Crippen LogP contribution in [0.4, 0.5) is 0 Å². The van der Waals surface area contributed by atoms with Gasteiger partial charge >= 0.3 is 0 Å². The number of aromatic hydroxyl groups is 1. The van der Waals surface area contributed by atoms with Gasteiger partial charge in [0.2, 0.25) is 9.84 Å². The standard InChI is InChI=1S/C29H38N2O6S/c1-28(2,3)24-18-20(19-25(26(24)34)29(4,5)6)17-23(11-12-30)38(36,37)22-9-7-21(8-10-22)27(35)31(13-15-32)14-16-33/h7-10,17-19,32-34H,11,13-16H2,1-6H3/b23-17+. The normalized spacial score (nSPS) is 12.8. The Morgan fingerprint density at radius 1 is 0.947 bits per heavy atom. The number of hydrogen-bond acceptors (Lipinski definition) is 7. The Bertz CT molecular complexity index is 1280.